The quantitative estimate of drug-likeness (QED) is 0.0679. The van der Waals surface area contributed by atoms with Crippen LogP contribution in [0.15, 0.2) is 72.8 Å². The monoisotopic (exact) mass is 1090 g/mol. The second-order valence-electron chi connectivity index (χ2n) is 14.5. The highest BCUT2D eigenvalue weighted by Crippen LogP contribution is 2.56. The molecule has 0 atom stereocenters. The average molecular weight is 1090 g/mol. The number of alkyl halides is 26. The fraction of sp³-hybridized carbons (Fsp3) is 0.474. The van der Waals surface area contributed by atoms with Crippen molar-refractivity contribution in [3.05, 3.63) is 72.8 Å². The van der Waals surface area contributed by atoms with Crippen molar-refractivity contribution >= 4 is 0 Å². The predicted octanol–water partition coefficient (Wildman–Crippen LogP) is 13.1. The van der Waals surface area contributed by atoms with E-state index in [2.05, 4.69) is 38.9 Å². The van der Waals surface area contributed by atoms with Gasteiger partial charge in [0, 0.05) is 23.3 Å². The molecular formula is C38H24F26N4O4. The maximum Gasteiger partial charge on any atom is 0.460 e. The summed E-state index contributed by atoms with van der Waals surface area (Å²) in [4.78, 5) is 13.0. The van der Waals surface area contributed by atoms with Crippen molar-refractivity contribution in [3.63, 3.8) is 0 Å². The first-order chi connectivity index (χ1) is 32.5. The van der Waals surface area contributed by atoms with Gasteiger partial charge in [0.25, 0.3) is 0 Å². The van der Waals surface area contributed by atoms with Crippen molar-refractivity contribution in [1.29, 1.82) is 0 Å². The van der Waals surface area contributed by atoms with Gasteiger partial charge in [-0.2, -0.15) is 134 Å². The molecule has 4 rings (SSSR count). The summed E-state index contributed by atoms with van der Waals surface area (Å²) >= 11 is 0. The van der Waals surface area contributed by atoms with Crippen LogP contribution in [0.1, 0.15) is 12.8 Å². The zero-order valence-electron chi connectivity index (χ0n) is 34.4. The third-order valence-corrected chi connectivity index (χ3v) is 9.33. The molecular weight excluding hydrogens is 1070 g/mol. The molecule has 8 nitrogen and oxygen atoms in total. The van der Waals surface area contributed by atoms with Crippen LogP contribution >= 0.6 is 0 Å². The topological polar surface area (TPSA) is 88.5 Å². The molecule has 2 heterocycles. The Labute approximate surface area is 383 Å². The molecule has 0 aliphatic heterocycles. The molecule has 0 amide bonds. The maximum atomic E-state index is 15.0. The van der Waals surface area contributed by atoms with Crippen molar-refractivity contribution in [1.82, 2.24) is 19.9 Å². The Morgan fingerprint density at radius 3 is 0.875 bits per heavy atom. The smallest absolute Gasteiger partial charge is 0.460 e. The minimum Gasteiger partial charge on any atom is -0.477 e. The summed E-state index contributed by atoms with van der Waals surface area (Å²) in [6, 6.07) is 9.45. The minimum atomic E-state index is -7.32. The van der Waals surface area contributed by atoms with Crippen molar-refractivity contribution in [2.45, 2.75) is 84.4 Å². The van der Waals surface area contributed by atoms with E-state index in [1.54, 1.807) is 0 Å². The van der Waals surface area contributed by atoms with E-state index in [4.69, 9.17) is 0 Å². The Morgan fingerprint density at radius 1 is 0.319 bits per heavy atom. The Morgan fingerprint density at radius 2 is 0.597 bits per heavy atom. The normalized spacial score (nSPS) is 14.3. The first-order valence-corrected chi connectivity index (χ1v) is 18.8. The van der Waals surface area contributed by atoms with Gasteiger partial charge in [0.15, 0.2) is 13.2 Å². The lowest BCUT2D eigenvalue weighted by molar-refractivity contribution is -0.397. The van der Waals surface area contributed by atoms with Gasteiger partial charge in [-0.1, -0.05) is 60.7 Å². The molecule has 0 saturated heterocycles. The second-order valence-corrected chi connectivity index (χ2v) is 14.5. The molecule has 0 aliphatic rings. The molecule has 2 aromatic carbocycles. The number of rotatable bonds is 23. The van der Waals surface area contributed by atoms with Crippen molar-refractivity contribution in [3.8, 4) is 46.3 Å². The van der Waals surface area contributed by atoms with Gasteiger partial charge in [0.2, 0.25) is 11.8 Å². The van der Waals surface area contributed by atoms with Crippen LogP contribution in [0.3, 0.4) is 0 Å². The van der Waals surface area contributed by atoms with E-state index in [9.17, 15) is 114 Å². The summed E-state index contributed by atoms with van der Waals surface area (Å²) in [6.45, 7) is -10.2. The van der Waals surface area contributed by atoms with Gasteiger partial charge in [-0.25, -0.2) is 0 Å². The van der Waals surface area contributed by atoms with Gasteiger partial charge < -0.3 is 18.9 Å². The number of hydrogen-bond acceptors (Lipinski definition) is 8. The van der Waals surface area contributed by atoms with E-state index in [1.807, 2.05) is 0 Å². The third-order valence-electron chi connectivity index (χ3n) is 9.33. The van der Waals surface area contributed by atoms with Crippen molar-refractivity contribution in [2.24, 2.45) is 0 Å². The fourth-order valence-electron chi connectivity index (χ4n) is 5.25. The number of halogens is 26. The Hall–Kier alpha value is -6.02. The number of hydrogen-bond donors (Lipinski definition) is 0. The van der Waals surface area contributed by atoms with Gasteiger partial charge >= 0.3 is 83.6 Å². The molecule has 0 bridgehead atoms. The zero-order valence-corrected chi connectivity index (χ0v) is 34.4. The van der Waals surface area contributed by atoms with Crippen LogP contribution < -0.4 is 18.9 Å². The van der Waals surface area contributed by atoms with Crippen LogP contribution in [0.25, 0.3) is 22.5 Å². The summed E-state index contributed by atoms with van der Waals surface area (Å²) < 4.78 is 376. The van der Waals surface area contributed by atoms with Crippen LogP contribution in [0.2, 0.25) is 0 Å². The molecule has 0 radical (unpaired) electrons. The molecule has 2 aromatic heterocycles. The standard InChI is InChI=1S/C38H24F26N4O4/c39-27(40,31(47,48)35(55,56)37(59,60)61)11-13-69-23-15-21(19-7-3-1-4-8-19)65-25(67-23)71-17-29(43,44)33(51,52)34(53,54)30(45,46)18-72-26-66-22(20-9-5-2-6-10-20)16-24(68-26)70-14-12-28(41,42)32(49,50)36(57,58)38(62,63)64/h1-10,15-16H,11-14,17-18H2. The molecule has 0 saturated carbocycles. The van der Waals surface area contributed by atoms with Crippen LogP contribution in [0.4, 0.5) is 114 Å². The minimum absolute atomic E-state index is 0.185. The lowest BCUT2D eigenvalue weighted by atomic mass is 9.99. The second kappa shape index (κ2) is 19.8. The van der Waals surface area contributed by atoms with Gasteiger partial charge in [-0.3, -0.25) is 0 Å². The average Bonchev–Trinajstić information content (AvgIpc) is 3.27. The first kappa shape index (κ1) is 58.5. The maximum absolute atomic E-state index is 15.0. The molecule has 0 fully saturated rings. The number of nitrogens with zero attached hydrogens (tertiary/aromatic N) is 4. The Balaban J connectivity index is 1.55. The number of aromatic nitrogens is 4. The van der Waals surface area contributed by atoms with Crippen LogP contribution in [0, 0.1) is 0 Å². The third kappa shape index (κ3) is 11.4. The van der Waals surface area contributed by atoms with Crippen LogP contribution in [0.5, 0.6) is 23.8 Å². The van der Waals surface area contributed by atoms with E-state index in [-0.39, 0.29) is 11.1 Å². The lowest BCUT2D eigenvalue weighted by Gasteiger charge is -2.36. The van der Waals surface area contributed by atoms with Crippen molar-refractivity contribution in [2.75, 3.05) is 26.4 Å². The molecule has 0 spiro atoms. The van der Waals surface area contributed by atoms with Crippen LogP contribution in [-0.2, 0) is 0 Å². The van der Waals surface area contributed by atoms with Gasteiger partial charge in [-0.05, 0) is 0 Å². The highest BCUT2D eigenvalue weighted by Gasteiger charge is 2.83. The SMILES string of the molecule is FC(F)(F)C(F)(F)C(F)(F)C(F)(F)CCOc1cc(-c2ccccc2)nc(OCC(F)(F)C(F)(F)C(F)(F)C(F)(F)COc2nc(OCCC(F)(F)C(F)(F)C(F)(F)C(F)(F)F)cc(-c3ccccc3)n2)n1. The van der Waals surface area contributed by atoms with Gasteiger partial charge in [0.05, 0.1) is 37.4 Å². The van der Waals surface area contributed by atoms with Gasteiger partial charge in [0.1, 0.15) is 0 Å². The summed E-state index contributed by atoms with van der Waals surface area (Å²) in [6.07, 6.45) is -19.8. The van der Waals surface area contributed by atoms with E-state index in [1.165, 1.54) is 36.4 Å². The zero-order chi connectivity index (χ0) is 55.0. The number of ether oxygens (including phenoxy) is 4. The van der Waals surface area contributed by atoms with E-state index in [0.29, 0.717) is 12.1 Å². The number of benzene rings is 2. The predicted molar refractivity (Wildman–Crippen MR) is 188 cm³/mol. The molecule has 0 aliphatic carbocycles. The highest BCUT2D eigenvalue weighted by atomic mass is 19.4. The lowest BCUT2D eigenvalue weighted by Crippen LogP contribution is -2.65. The van der Waals surface area contributed by atoms with Crippen molar-refractivity contribution < 1.29 is 133 Å². The molecule has 0 N–H and O–H groups in total. The molecule has 4 aromatic rings. The van der Waals surface area contributed by atoms with E-state index >= 15 is 0 Å². The van der Waals surface area contributed by atoms with E-state index < -0.39 is 146 Å². The van der Waals surface area contributed by atoms with Gasteiger partial charge in [-0.15, -0.1) is 0 Å². The summed E-state index contributed by atoms with van der Waals surface area (Å²) in [5, 5.41) is 0. The Bertz CT molecular complexity index is 2290. The summed E-state index contributed by atoms with van der Waals surface area (Å²) in [5.74, 6) is -71.5. The highest BCUT2D eigenvalue weighted by molar-refractivity contribution is 5.61. The largest absolute Gasteiger partial charge is 0.477 e. The fourth-order valence-corrected chi connectivity index (χ4v) is 5.25. The summed E-state index contributed by atoms with van der Waals surface area (Å²) in [5.41, 5.74) is -1.71. The molecule has 0 unspecified atom stereocenters. The van der Waals surface area contributed by atoms with E-state index in [0.717, 1.165) is 24.3 Å². The molecule has 402 valence electrons. The Kier molecular flexibility index (Phi) is 16.1. The first-order valence-electron chi connectivity index (χ1n) is 18.8. The van der Waals surface area contributed by atoms with Crippen LogP contribution in [-0.4, -0.2) is 118 Å². The molecule has 72 heavy (non-hydrogen) atoms. The molecule has 34 heteroatoms. The summed E-state index contributed by atoms with van der Waals surface area (Å²) in [7, 11) is 0.